The van der Waals surface area contributed by atoms with E-state index in [9.17, 15) is 0 Å². The van der Waals surface area contributed by atoms with Gasteiger partial charge in [0.2, 0.25) is 0 Å². The Labute approximate surface area is 71.6 Å². The van der Waals surface area contributed by atoms with Crippen molar-refractivity contribution in [2.24, 2.45) is 4.99 Å². The van der Waals surface area contributed by atoms with E-state index in [4.69, 9.17) is 0 Å². The SMILES string of the molecule is CC1=NC(C)c2cnccc2N1. The summed E-state index contributed by atoms with van der Waals surface area (Å²) in [5, 5.41) is 3.20. The lowest BCUT2D eigenvalue weighted by Gasteiger charge is -2.20. The Morgan fingerprint density at radius 1 is 1.50 bits per heavy atom. The molecule has 1 atom stereocenters. The number of aliphatic imine (C=N–C) groups is 1. The smallest absolute Gasteiger partial charge is 0.0983 e. The summed E-state index contributed by atoms with van der Waals surface area (Å²) in [6, 6.07) is 2.21. The van der Waals surface area contributed by atoms with Gasteiger partial charge in [-0.3, -0.25) is 9.98 Å². The Balaban J connectivity index is 2.48. The first-order chi connectivity index (χ1) is 5.77. The summed E-state index contributed by atoms with van der Waals surface area (Å²) >= 11 is 0. The van der Waals surface area contributed by atoms with E-state index >= 15 is 0 Å². The summed E-state index contributed by atoms with van der Waals surface area (Å²) in [6.45, 7) is 4.05. The van der Waals surface area contributed by atoms with Gasteiger partial charge in [-0.2, -0.15) is 0 Å². The molecular weight excluding hydrogens is 150 g/mol. The highest BCUT2D eigenvalue weighted by Gasteiger charge is 2.14. The van der Waals surface area contributed by atoms with E-state index in [-0.39, 0.29) is 6.04 Å². The van der Waals surface area contributed by atoms with E-state index in [1.165, 1.54) is 5.56 Å². The third-order valence-electron chi connectivity index (χ3n) is 2.00. The fourth-order valence-corrected chi connectivity index (χ4v) is 1.44. The van der Waals surface area contributed by atoms with Crippen molar-refractivity contribution in [2.45, 2.75) is 19.9 Å². The number of amidine groups is 1. The maximum Gasteiger partial charge on any atom is 0.0983 e. The fourth-order valence-electron chi connectivity index (χ4n) is 1.44. The van der Waals surface area contributed by atoms with Crippen molar-refractivity contribution in [3.05, 3.63) is 24.0 Å². The molecular formula is C9H11N3. The van der Waals surface area contributed by atoms with Crippen molar-refractivity contribution in [3.63, 3.8) is 0 Å². The average molecular weight is 161 g/mol. The largest absolute Gasteiger partial charge is 0.344 e. The molecule has 0 spiro atoms. The normalized spacial score (nSPS) is 20.8. The predicted octanol–water partition coefficient (Wildman–Crippen LogP) is 1.99. The summed E-state index contributed by atoms with van der Waals surface area (Å²) < 4.78 is 0. The molecule has 3 heteroatoms. The van der Waals surface area contributed by atoms with Gasteiger partial charge in [-0.15, -0.1) is 0 Å². The second-order valence-electron chi connectivity index (χ2n) is 2.98. The summed E-state index contributed by atoms with van der Waals surface area (Å²) in [7, 11) is 0. The van der Waals surface area contributed by atoms with Crippen LogP contribution in [0.25, 0.3) is 0 Å². The Bertz CT molecular complexity index is 330. The first-order valence-electron chi connectivity index (χ1n) is 4.02. The predicted molar refractivity (Wildman–Crippen MR) is 49.4 cm³/mol. The molecule has 0 amide bonds. The first-order valence-corrected chi connectivity index (χ1v) is 4.02. The van der Waals surface area contributed by atoms with Crippen LogP contribution in [0.15, 0.2) is 23.5 Å². The van der Waals surface area contributed by atoms with Gasteiger partial charge in [0.15, 0.2) is 0 Å². The van der Waals surface area contributed by atoms with E-state index in [2.05, 4.69) is 22.2 Å². The van der Waals surface area contributed by atoms with Crippen molar-refractivity contribution >= 4 is 11.5 Å². The van der Waals surface area contributed by atoms with Crippen molar-refractivity contribution in [1.29, 1.82) is 0 Å². The zero-order chi connectivity index (χ0) is 8.55. The second kappa shape index (κ2) is 2.59. The first kappa shape index (κ1) is 7.28. The van der Waals surface area contributed by atoms with Gasteiger partial charge in [0, 0.05) is 23.6 Å². The molecule has 1 aromatic rings. The standard InChI is InChI=1S/C9H11N3/c1-6-8-5-10-4-3-9(8)12-7(2)11-6/h3-6H,1-2H3,(H,11,12). The van der Waals surface area contributed by atoms with Crippen LogP contribution in [0.1, 0.15) is 25.5 Å². The number of nitrogens with zero attached hydrogens (tertiary/aromatic N) is 2. The number of fused-ring (bicyclic) bond motifs is 1. The Kier molecular flexibility index (Phi) is 1.57. The number of hydrogen-bond donors (Lipinski definition) is 1. The molecule has 0 aromatic carbocycles. The minimum Gasteiger partial charge on any atom is -0.344 e. The van der Waals surface area contributed by atoms with Gasteiger partial charge in [-0.05, 0) is 19.9 Å². The van der Waals surface area contributed by atoms with Gasteiger partial charge in [-0.25, -0.2) is 0 Å². The molecule has 0 bridgehead atoms. The molecule has 0 radical (unpaired) electrons. The fraction of sp³-hybridized carbons (Fsp3) is 0.333. The number of pyridine rings is 1. The van der Waals surface area contributed by atoms with E-state index in [0.29, 0.717) is 0 Å². The van der Waals surface area contributed by atoms with Crippen molar-refractivity contribution < 1.29 is 0 Å². The lowest BCUT2D eigenvalue weighted by atomic mass is 10.1. The van der Waals surface area contributed by atoms with Crippen molar-refractivity contribution in [1.82, 2.24) is 4.98 Å². The van der Waals surface area contributed by atoms with Gasteiger partial charge < -0.3 is 5.32 Å². The van der Waals surface area contributed by atoms with Crippen molar-refractivity contribution in [3.8, 4) is 0 Å². The maximum atomic E-state index is 4.39. The molecule has 1 unspecified atom stereocenters. The monoisotopic (exact) mass is 161 g/mol. The zero-order valence-corrected chi connectivity index (χ0v) is 7.20. The molecule has 3 nitrogen and oxygen atoms in total. The van der Waals surface area contributed by atoms with Crippen LogP contribution in [-0.2, 0) is 0 Å². The van der Waals surface area contributed by atoms with Crippen LogP contribution < -0.4 is 5.32 Å². The molecule has 62 valence electrons. The van der Waals surface area contributed by atoms with E-state index in [0.717, 1.165) is 11.5 Å². The number of anilines is 1. The molecule has 0 saturated heterocycles. The summed E-state index contributed by atoms with van der Waals surface area (Å²) in [5.74, 6) is 0.973. The van der Waals surface area contributed by atoms with Crippen LogP contribution >= 0.6 is 0 Å². The molecule has 0 aliphatic carbocycles. The zero-order valence-electron chi connectivity index (χ0n) is 7.20. The lowest BCUT2D eigenvalue weighted by Crippen LogP contribution is -2.16. The highest BCUT2D eigenvalue weighted by Crippen LogP contribution is 2.27. The molecule has 2 rings (SSSR count). The highest BCUT2D eigenvalue weighted by molar-refractivity contribution is 5.95. The Hall–Kier alpha value is -1.38. The number of rotatable bonds is 0. The molecule has 1 aromatic heterocycles. The van der Waals surface area contributed by atoms with Crippen LogP contribution in [0.5, 0.6) is 0 Å². The van der Waals surface area contributed by atoms with Crippen LogP contribution in [0, 0.1) is 0 Å². The molecule has 1 aliphatic heterocycles. The number of hydrogen-bond acceptors (Lipinski definition) is 3. The summed E-state index contributed by atoms with van der Waals surface area (Å²) in [6.07, 6.45) is 3.65. The highest BCUT2D eigenvalue weighted by atomic mass is 15.0. The molecule has 12 heavy (non-hydrogen) atoms. The van der Waals surface area contributed by atoms with Crippen molar-refractivity contribution in [2.75, 3.05) is 5.32 Å². The van der Waals surface area contributed by atoms with Crippen LogP contribution in [0.2, 0.25) is 0 Å². The summed E-state index contributed by atoms with van der Waals surface area (Å²) in [4.78, 5) is 8.45. The van der Waals surface area contributed by atoms with Crippen LogP contribution in [0.3, 0.4) is 0 Å². The number of aromatic nitrogens is 1. The molecule has 0 fully saturated rings. The van der Waals surface area contributed by atoms with E-state index in [1.807, 2.05) is 19.2 Å². The quantitative estimate of drug-likeness (QED) is 0.631. The average Bonchev–Trinajstić information content (AvgIpc) is 2.04. The van der Waals surface area contributed by atoms with Gasteiger partial charge in [-0.1, -0.05) is 0 Å². The number of nitrogens with one attached hydrogen (secondary N) is 1. The molecule has 1 aliphatic rings. The molecule has 2 heterocycles. The topological polar surface area (TPSA) is 37.3 Å². The molecule has 1 N–H and O–H groups in total. The van der Waals surface area contributed by atoms with Gasteiger partial charge in [0.05, 0.1) is 11.9 Å². The molecule has 0 saturated carbocycles. The van der Waals surface area contributed by atoms with Gasteiger partial charge in [0.1, 0.15) is 0 Å². The van der Waals surface area contributed by atoms with Gasteiger partial charge >= 0.3 is 0 Å². The third kappa shape index (κ3) is 1.07. The van der Waals surface area contributed by atoms with Crippen LogP contribution in [0.4, 0.5) is 5.69 Å². The lowest BCUT2D eigenvalue weighted by molar-refractivity contribution is 0.804. The Morgan fingerprint density at radius 2 is 2.33 bits per heavy atom. The summed E-state index contributed by atoms with van der Waals surface area (Å²) in [5.41, 5.74) is 2.30. The van der Waals surface area contributed by atoms with Crippen LogP contribution in [-0.4, -0.2) is 10.8 Å². The van der Waals surface area contributed by atoms with E-state index in [1.54, 1.807) is 6.20 Å². The second-order valence-corrected chi connectivity index (χ2v) is 2.98. The Morgan fingerprint density at radius 3 is 3.17 bits per heavy atom. The minimum atomic E-state index is 0.231. The maximum absolute atomic E-state index is 4.39. The third-order valence-corrected chi connectivity index (χ3v) is 2.00. The van der Waals surface area contributed by atoms with E-state index < -0.39 is 0 Å². The van der Waals surface area contributed by atoms with Gasteiger partial charge in [0.25, 0.3) is 0 Å². The minimum absolute atomic E-state index is 0.231.